The second-order valence-corrected chi connectivity index (χ2v) is 7.75. The molecule has 1 aliphatic rings. The highest BCUT2D eigenvalue weighted by Gasteiger charge is 2.42. The smallest absolute Gasteiger partial charge is 0.136 e. The minimum atomic E-state index is -0.789. The number of fused-ring (bicyclic) bond motifs is 2. The molecule has 140 valence electrons. The van der Waals surface area contributed by atoms with Crippen molar-refractivity contribution in [1.82, 2.24) is 0 Å². The largest absolute Gasteiger partial charge is 0.456 e. The SMILES string of the molecule is [B]c1c(C)cc2c(c1CC)Oc1c(CC)cc(C)cc1C2(N)c1ccccc1. The third-order valence-corrected chi connectivity index (χ3v) is 5.96. The lowest BCUT2D eigenvalue weighted by Crippen LogP contribution is -2.43. The predicted molar refractivity (Wildman–Crippen MR) is 117 cm³/mol. The molecule has 0 saturated carbocycles. The van der Waals surface area contributed by atoms with Gasteiger partial charge in [-0.05, 0) is 49.4 Å². The quantitative estimate of drug-likeness (QED) is 0.688. The van der Waals surface area contributed by atoms with Crippen LogP contribution in [-0.2, 0) is 18.4 Å². The van der Waals surface area contributed by atoms with E-state index in [9.17, 15) is 0 Å². The van der Waals surface area contributed by atoms with E-state index >= 15 is 0 Å². The summed E-state index contributed by atoms with van der Waals surface area (Å²) in [6, 6.07) is 16.8. The number of hydrogen-bond donors (Lipinski definition) is 1. The van der Waals surface area contributed by atoms with Crippen LogP contribution in [0, 0.1) is 13.8 Å². The van der Waals surface area contributed by atoms with Gasteiger partial charge in [0.05, 0.1) is 5.54 Å². The Labute approximate surface area is 169 Å². The van der Waals surface area contributed by atoms with Gasteiger partial charge in [-0.2, -0.15) is 0 Å². The first kappa shape index (κ1) is 18.8. The van der Waals surface area contributed by atoms with Crippen molar-refractivity contribution in [3.63, 3.8) is 0 Å². The molecule has 28 heavy (non-hydrogen) atoms. The van der Waals surface area contributed by atoms with Crippen LogP contribution < -0.4 is 15.9 Å². The Balaban J connectivity index is 2.15. The van der Waals surface area contributed by atoms with Gasteiger partial charge in [0, 0.05) is 11.1 Å². The highest BCUT2D eigenvalue weighted by Crippen LogP contribution is 2.51. The van der Waals surface area contributed by atoms with Crippen molar-refractivity contribution in [2.45, 2.75) is 46.1 Å². The Morgan fingerprint density at radius 2 is 1.61 bits per heavy atom. The van der Waals surface area contributed by atoms with E-state index in [4.69, 9.17) is 18.3 Å². The summed E-state index contributed by atoms with van der Waals surface area (Å²) in [6.45, 7) is 8.43. The standard InChI is InChI=1S/C25H26BNO/c1-5-17-12-15(3)13-20-23(17)28-24-19(6-2)22(26)16(4)14-21(24)25(20,27)18-10-8-7-9-11-18/h7-14H,5-6,27H2,1-4H3. The Bertz CT molecular complexity index is 1060. The lowest BCUT2D eigenvalue weighted by molar-refractivity contribution is 0.412. The number of ether oxygens (including phenoxy) is 1. The van der Waals surface area contributed by atoms with Crippen LogP contribution in [0.5, 0.6) is 11.5 Å². The van der Waals surface area contributed by atoms with Gasteiger partial charge in [0.15, 0.2) is 0 Å². The fourth-order valence-electron chi connectivity index (χ4n) is 4.43. The minimum absolute atomic E-state index is 0.789. The van der Waals surface area contributed by atoms with E-state index in [1.165, 1.54) is 11.1 Å². The van der Waals surface area contributed by atoms with Crippen molar-refractivity contribution in [3.8, 4) is 11.5 Å². The molecule has 0 spiro atoms. The molecule has 1 heterocycles. The van der Waals surface area contributed by atoms with E-state index in [-0.39, 0.29) is 0 Å². The molecule has 0 aliphatic carbocycles. The molecule has 2 radical (unpaired) electrons. The maximum Gasteiger partial charge on any atom is 0.136 e. The molecule has 1 aliphatic heterocycles. The molecule has 1 unspecified atom stereocenters. The number of hydrogen-bond acceptors (Lipinski definition) is 2. The third kappa shape index (κ3) is 2.61. The highest BCUT2D eigenvalue weighted by molar-refractivity contribution is 6.34. The van der Waals surface area contributed by atoms with E-state index in [1.807, 2.05) is 25.1 Å². The van der Waals surface area contributed by atoms with Crippen LogP contribution in [0.25, 0.3) is 0 Å². The Kier molecular flexibility index (Phi) is 4.59. The van der Waals surface area contributed by atoms with Gasteiger partial charge in [0.25, 0.3) is 0 Å². The average Bonchev–Trinajstić information content (AvgIpc) is 2.71. The van der Waals surface area contributed by atoms with E-state index in [0.29, 0.717) is 0 Å². The first-order chi connectivity index (χ1) is 13.4. The molecule has 3 aromatic carbocycles. The monoisotopic (exact) mass is 367 g/mol. The normalized spacial score (nSPS) is 17.6. The van der Waals surface area contributed by atoms with Crippen molar-refractivity contribution in [2.24, 2.45) is 5.73 Å². The summed E-state index contributed by atoms with van der Waals surface area (Å²) in [5.41, 5.74) is 14.8. The molecule has 0 saturated heterocycles. The number of nitrogens with two attached hydrogens (primary N) is 1. The molecule has 3 aromatic rings. The van der Waals surface area contributed by atoms with Crippen LogP contribution in [0.3, 0.4) is 0 Å². The molecular weight excluding hydrogens is 341 g/mol. The molecular formula is C25H26BNO. The van der Waals surface area contributed by atoms with Gasteiger partial charge in [-0.1, -0.05) is 72.9 Å². The third-order valence-electron chi connectivity index (χ3n) is 5.96. The fourth-order valence-corrected chi connectivity index (χ4v) is 4.43. The molecule has 0 fully saturated rings. The van der Waals surface area contributed by atoms with Crippen LogP contribution >= 0.6 is 0 Å². The fraction of sp³-hybridized carbons (Fsp3) is 0.280. The van der Waals surface area contributed by atoms with Crippen molar-refractivity contribution in [3.05, 3.63) is 87.5 Å². The summed E-state index contributed by atoms with van der Waals surface area (Å²) in [5.74, 6) is 1.70. The Morgan fingerprint density at radius 3 is 2.25 bits per heavy atom. The van der Waals surface area contributed by atoms with E-state index < -0.39 is 5.54 Å². The molecule has 2 N–H and O–H groups in total. The summed E-state index contributed by atoms with van der Waals surface area (Å²) in [6.07, 6.45) is 1.68. The molecule has 4 rings (SSSR count). The van der Waals surface area contributed by atoms with Crippen molar-refractivity contribution in [2.75, 3.05) is 0 Å². The summed E-state index contributed by atoms with van der Waals surface area (Å²) in [5, 5.41) is 0. The van der Waals surface area contributed by atoms with Crippen LogP contribution in [0.1, 0.15) is 52.8 Å². The highest BCUT2D eigenvalue weighted by atomic mass is 16.5. The summed E-state index contributed by atoms with van der Waals surface area (Å²) in [7, 11) is 6.44. The Morgan fingerprint density at radius 1 is 0.929 bits per heavy atom. The molecule has 3 heteroatoms. The first-order valence-corrected chi connectivity index (χ1v) is 10.00. The second-order valence-electron chi connectivity index (χ2n) is 7.75. The van der Waals surface area contributed by atoms with Gasteiger partial charge in [0.1, 0.15) is 19.3 Å². The van der Waals surface area contributed by atoms with Crippen molar-refractivity contribution >= 4 is 13.3 Å². The topological polar surface area (TPSA) is 35.2 Å². The maximum atomic E-state index is 7.32. The lowest BCUT2D eigenvalue weighted by Gasteiger charge is -2.40. The molecule has 0 aromatic heterocycles. The summed E-state index contributed by atoms with van der Waals surface area (Å²) in [4.78, 5) is 0. The van der Waals surface area contributed by atoms with Gasteiger partial charge in [0.2, 0.25) is 0 Å². The van der Waals surface area contributed by atoms with Gasteiger partial charge in [-0.3, -0.25) is 0 Å². The molecule has 0 amide bonds. The van der Waals surface area contributed by atoms with Gasteiger partial charge < -0.3 is 10.5 Å². The van der Waals surface area contributed by atoms with Crippen molar-refractivity contribution in [1.29, 1.82) is 0 Å². The van der Waals surface area contributed by atoms with Crippen LogP contribution in [0.4, 0.5) is 0 Å². The predicted octanol–water partition coefficient (Wildman–Crippen LogP) is 4.58. The summed E-state index contributed by atoms with van der Waals surface area (Å²) >= 11 is 0. The van der Waals surface area contributed by atoms with E-state index in [2.05, 4.69) is 51.1 Å². The van der Waals surface area contributed by atoms with E-state index in [1.54, 1.807) is 0 Å². The zero-order valence-corrected chi connectivity index (χ0v) is 17.1. The lowest BCUT2D eigenvalue weighted by atomic mass is 9.71. The van der Waals surface area contributed by atoms with Gasteiger partial charge in [-0.25, -0.2) is 0 Å². The van der Waals surface area contributed by atoms with Gasteiger partial charge in [-0.15, -0.1) is 0 Å². The summed E-state index contributed by atoms with van der Waals surface area (Å²) < 4.78 is 6.57. The zero-order valence-electron chi connectivity index (χ0n) is 17.1. The average molecular weight is 367 g/mol. The second kappa shape index (κ2) is 6.82. The molecule has 2 nitrogen and oxygen atoms in total. The van der Waals surface area contributed by atoms with E-state index in [0.717, 1.165) is 57.6 Å². The number of aryl methyl sites for hydroxylation is 3. The minimum Gasteiger partial charge on any atom is -0.456 e. The van der Waals surface area contributed by atoms with Crippen LogP contribution in [0.2, 0.25) is 0 Å². The Hall–Kier alpha value is -2.52. The number of benzene rings is 3. The molecule has 1 atom stereocenters. The maximum absolute atomic E-state index is 7.32. The van der Waals surface area contributed by atoms with Crippen LogP contribution in [-0.4, -0.2) is 7.85 Å². The number of rotatable bonds is 3. The van der Waals surface area contributed by atoms with Crippen LogP contribution in [0.15, 0.2) is 48.5 Å². The van der Waals surface area contributed by atoms with Gasteiger partial charge >= 0.3 is 0 Å². The first-order valence-electron chi connectivity index (χ1n) is 10.00. The van der Waals surface area contributed by atoms with Crippen molar-refractivity contribution < 1.29 is 4.74 Å². The molecule has 0 bridgehead atoms. The zero-order chi connectivity index (χ0) is 20.1.